The summed E-state index contributed by atoms with van der Waals surface area (Å²) in [7, 11) is 0. The van der Waals surface area contributed by atoms with Crippen molar-refractivity contribution in [2.24, 2.45) is 16.8 Å². The Morgan fingerprint density at radius 3 is 2.48 bits per heavy atom. The Morgan fingerprint density at radius 2 is 1.82 bits per heavy atom. The maximum Gasteiger partial charge on any atom is 0.310 e. The molecular formula is C31H47FN4O4. The van der Waals surface area contributed by atoms with Gasteiger partial charge in [0.25, 0.3) is 0 Å². The molecule has 2 aliphatic rings. The summed E-state index contributed by atoms with van der Waals surface area (Å²) in [5, 5.41) is 10.3. The number of aliphatic hydroxyl groups is 1. The summed E-state index contributed by atoms with van der Waals surface area (Å²) >= 11 is 0. The summed E-state index contributed by atoms with van der Waals surface area (Å²) in [6, 6.07) is 0. The first-order valence-electron chi connectivity index (χ1n) is 15.2. The molecule has 1 fully saturated rings. The minimum atomic E-state index is -1.43. The van der Waals surface area contributed by atoms with Gasteiger partial charge in [0, 0.05) is 18.6 Å². The van der Waals surface area contributed by atoms with Crippen LogP contribution in [0.2, 0.25) is 0 Å². The monoisotopic (exact) mass is 558 g/mol. The molecule has 2 aliphatic heterocycles. The van der Waals surface area contributed by atoms with Crippen LogP contribution in [0.25, 0.3) is 0 Å². The van der Waals surface area contributed by atoms with Gasteiger partial charge in [0.15, 0.2) is 11.4 Å². The van der Waals surface area contributed by atoms with Crippen LogP contribution in [0.1, 0.15) is 109 Å². The fraction of sp³-hybridized carbons (Fsp3) is 0.742. The Hall–Kier alpha value is -2.57. The number of hydrogen-bond donors (Lipinski definition) is 2. The lowest BCUT2D eigenvalue weighted by Crippen LogP contribution is -2.45. The molecule has 0 bridgehead atoms. The van der Waals surface area contributed by atoms with E-state index in [0.717, 1.165) is 51.4 Å². The highest BCUT2D eigenvalue weighted by Crippen LogP contribution is 2.39. The summed E-state index contributed by atoms with van der Waals surface area (Å²) in [4.78, 5) is 25.3. The Morgan fingerprint density at radius 1 is 1.18 bits per heavy atom. The van der Waals surface area contributed by atoms with Crippen LogP contribution in [0.4, 0.5) is 15.9 Å². The van der Waals surface area contributed by atoms with Crippen molar-refractivity contribution in [1.29, 1.82) is 0 Å². The fourth-order valence-electron chi connectivity index (χ4n) is 5.75. The topological polar surface area (TPSA) is 120 Å². The van der Waals surface area contributed by atoms with Crippen molar-refractivity contribution in [1.82, 2.24) is 9.97 Å². The third-order valence-corrected chi connectivity index (χ3v) is 8.25. The van der Waals surface area contributed by atoms with Gasteiger partial charge in [-0.15, -0.1) is 6.42 Å². The average molecular weight is 559 g/mol. The lowest BCUT2D eigenvalue weighted by Gasteiger charge is -2.28. The second-order valence-corrected chi connectivity index (χ2v) is 11.3. The van der Waals surface area contributed by atoms with E-state index in [4.69, 9.17) is 21.6 Å². The van der Waals surface area contributed by atoms with Gasteiger partial charge in [-0.25, -0.2) is 4.98 Å². The molecule has 3 rings (SSSR count). The summed E-state index contributed by atoms with van der Waals surface area (Å²) in [5.74, 6) is 1.91. The molecule has 0 radical (unpaired) electrons. The van der Waals surface area contributed by atoms with Gasteiger partial charge in [0.05, 0.1) is 24.3 Å². The zero-order valence-electron chi connectivity index (χ0n) is 24.2. The Kier molecular flexibility index (Phi) is 12.8. The van der Waals surface area contributed by atoms with Crippen LogP contribution in [-0.4, -0.2) is 51.7 Å². The lowest BCUT2D eigenvalue weighted by atomic mass is 9.91. The summed E-state index contributed by atoms with van der Waals surface area (Å²) < 4.78 is 26.0. The largest absolute Gasteiger partial charge is 0.458 e. The molecule has 0 aliphatic carbocycles. The third kappa shape index (κ3) is 8.47. The van der Waals surface area contributed by atoms with Crippen molar-refractivity contribution in [3.05, 3.63) is 11.8 Å². The molecule has 3 heterocycles. The molecule has 1 aromatic heterocycles. The van der Waals surface area contributed by atoms with Gasteiger partial charge in [0.1, 0.15) is 11.8 Å². The van der Waals surface area contributed by atoms with Gasteiger partial charge in [-0.2, -0.15) is 9.37 Å². The van der Waals surface area contributed by atoms with Crippen molar-refractivity contribution in [3.63, 3.8) is 0 Å². The number of halogens is 1. The van der Waals surface area contributed by atoms with Crippen LogP contribution >= 0.6 is 0 Å². The molecule has 0 amide bonds. The molecule has 0 aromatic carbocycles. The Bertz CT molecular complexity index is 1030. The normalized spacial score (nSPS) is 24.7. The number of carbonyl (C=O) groups is 1. The molecule has 8 nitrogen and oxygen atoms in total. The maximum atomic E-state index is 13.7. The summed E-state index contributed by atoms with van der Waals surface area (Å²) in [6.07, 6.45) is 19.7. The van der Waals surface area contributed by atoms with Gasteiger partial charge in [0.2, 0.25) is 0 Å². The molecule has 0 spiro atoms. The smallest absolute Gasteiger partial charge is 0.310 e. The highest BCUT2D eigenvalue weighted by Gasteiger charge is 2.52. The van der Waals surface area contributed by atoms with E-state index in [9.17, 15) is 14.3 Å². The van der Waals surface area contributed by atoms with E-state index in [1.165, 1.54) is 25.7 Å². The lowest BCUT2D eigenvalue weighted by molar-refractivity contribution is -0.163. The molecule has 9 heteroatoms. The minimum absolute atomic E-state index is 0.0118. The number of esters is 1. The van der Waals surface area contributed by atoms with E-state index >= 15 is 0 Å². The van der Waals surface area contributed by atoms with Gasteiger partial charge in [-0.3, -0.25) is 9.79 Å². The first-order chi connectivity index (χ1) is 19.4. The Labute approximate surface area is 238 Å². The summed E-state index contributed by atoms with van der Waals surface area (Å²) in [5.41, 5.74) is 5.24. The molecular weight excluding hydrogens is 511 g/mol. The first-order valence-corrected chi connectivity index (χ1v) is 15.2. The van der Waals surface area contributed by atoms with Crippen molar-refractivity contribution in [2.75, 3.05) is 12.3 Å². The summed E-state index contributed by atoms with van der Waals surface area (Å²) in [6.45, 7) is 3.91. The van der Waals surface area contributed by atoms with E-state index < -0.39 is 30.5 Å². The standard InChI is InChI=1S/C31H47FN4O4/c1-4-7-9-11-12-14-16-22(15-13-10-8-5-2)29(38)39-26-19-25(40-31(26,6-3)21-37)23-17-18-24-27(34-20-23)28(33)36-30(32)35-24/h3,20,22-23,25-26,37H,4-5,7-19,21H2,1-2H3,(H2,33,35,36)/t22?,23?,25-,26+,31-/m1/s1. The number of unbranched alkanes of at least 4 members (excludes halogenated alkanes) is 8. The number of terminal acetylenes is 1. The molecule has 1 saturated heterocycles. The van der Waals surface area contributed by atoms with Crippen molar-refractivity contribution >= 4 is 23.7 Å². The number of rotatable bonds is 16. The molecule has 0 saturated carbocycles. The third-order valence-electron chi connectivity index (χ3n) is 8.25. The van der Waals surface area contributed by atoms with Crippen LogP contribution in [0.3, 0.4) is 0 Å². The first kappa shape index (κ1) is 32.0. The molecule has 2 unspecified atom stereocenters. The molecule has 1 aromatic rings. The van der Waals surface area contributed by atoms with E-state index in [-0.39, 0.29) is 23.6 Å². The van der Waals surface area contributed by atoms with Gasteiger partial charge >= 0.3 is 12.0 Å². The van der Waals surface area contributed by atoms with Gasteiger partial charge in [-0.05, 0) is 25.7 Å². The average Bonchev–Trinajstić information content (AvgIpc) is 3.16. The number of fused-ring (bicyclic) bond motifs is 1. The van der Waals surface area contributed by atoms with Gasteiger partial charge in [-0.1, -0.05) is 84.0 Å². The van der Waals surface area contributed by atoms with Crippen molar-refractivity contribution in [3.8, 4) is 12.3 Å². The van der Waals surface area contributed by atoms with Crippen LogP contribution in [0, 0.1) is 30.3 Å². The number of ether oxygens (including phenoxy) is 2. The number of carbonyl (C=O) groups excluding carboxylic acids is 1. The van der Waals surface area contributed by atoms with Crippen molar-refractivity contribution in [2.45, 2.75) is 128 Å². The number of aryl methyl sites for hydroxylation is 1. The molecule has 40 heavy (non-hydrogen) atoms. The van der Waals surface area contributed by atoms with E-state index in [1.807, 2.05) is 0 Å². The highest BCUT2D eigenvalue weighted by molar-refractivity contribution is 5.74. The number of hydrogen-bond acceptors (Lipinski definition) is 8. The number of aliphatic hydroxyl groups excluding tert-OH is 1. The Balaban J connectivity index is 1.67. The minimum Gasteiger partial charge on any atom is -0.458 e. The quantitative estimate of drug-likeness (QED) is 0.113. The number of aliphatic imine (C=N–C) groups is 1. The number of anilines is 1. The molecule has 3 N–H and O–H groups in total. The number of nitrogens with two attached hydrogens (primary N) is 1. The zero-order valence-corrected chi connectivity index (χ0v) is 24.2. The SMILES string of the molecule is C#C[C@]1(CO)O[C@@H](C2C=Nc3c(N)nc(F)nc3CC2)C[C@@H]1OC(=O)C(CCCCCC)CCCCCCCC. The van der Waals surface area contributed by atoms with Crippen LogP contribution < -0.4 is 5.73 Å². The van der Waals surface area contributed by atoms with Crippen LogP contribution in [0.5, 0.6) is 0 Å². The van der Waals surface area contributed by atoms with E-state index in [1.54, 1.807) is 6.21 Å². The number of aromatic nitrogens is 2. The predicted molar refractivity (Wildman–Crippen MR) is 155 cm³/mol. The predicted octanol–water partition coefficient (Wildman–Crippen LogP) is 5.86. The van der Waals surface area contributed by atoms with Crippen molar-refractivity contribution < 1.29 is 23.8 Å². The second kappa shape index (κ2) is 16.0. The number of nitrogen functional groups attached to an aromatic ring is 1. The molecule has 5 atom stereocenters. The van der Waals surface area contributed by atoms with E-state index in [0.29, 0.717) is 30.6 Å². The molecule has 222 valence electrons. The highest BCUT2D eigenvalue weighted by atomic mass is 19.1. The fourth-order valence-corrected chi connectivity index (χ4v) is 5.75. The van der Waals surface area contributed by atoms with Crippen LogP contribution in [0.15, 0.2) is 4.99 Å². The zero-order chi connectivity index (χ0) is 29.0. The van der Waals surface area contributed by atoms with Crippen LogP contribution in [-0.2, 0) is 20.7 Å². The maximum absolute atomic E-state index is 13.7. The number of nitrogens with zero attached hydrogens (tertiary/aromatic N) is 3. The second-order valence-electron chi connectivity index (χ2n) is 11.3. The van der Waals surface area contributed by atoms with E-state index in [2.05, 4.69) is 34.7 Å². The van der Waals surface area contributed by atoms with Gasteiger partial charge < -0.3 is 20.3 Å².